The maximum atomic E-state index is 12.4. The molecular weight excluding hydrogens is 326 g/mol. The normalized spacial score (nSPS) is 28.3. The van der Waals surface area contributed by atoms with Gasteiger partial charge < -0.3 is 15.8 Å². The molecule has 0 radical (unpaired) electrons. The molecule has 2 aliphatic rings. The number of amides is 1. The Morgan fingerprint density at radius 1 is 1.38 bits per heavy atom. The highest BCUT2D eigenvalue weighted by Crippen LogP contribution is 2.27. The fourth-order valence-corrected chi connectivity index (χ4v) is 3.56. The standard InChI is InChI=1S/C18H27N3O2.ClH/c1-13(18(22)20-10-15-8-5-9-23-15)21-11-16(17(19)12-21)14-6-3-2-4-7-14;/h2-4,6-7,13,15-17H,5,8-12,19H2,1H3,(H,20,22);1H/t13?,15?,16-,17+;/m0./s1. The lowest BCUT2D eigenvalue weighted by Gasteiger charge is -2.24. The van der Waals surface area contributed by atoms with E-state index in [0.717, 1.165) is 32.5 Å². The van der Waals surface area contributed by atoms with E-state index in [1.165, 1.54) is 5.56 Å². The number of ether oxygens (including phenoxy) is 1. The zero-order valence-corrected chi connectivity index (χ0v) is 15.0. The fraction of sp³-hybridized carbons (Fsp3) is 0.611. The van der Waals surface area contributed by atoms with Gasteiger partial charge >= 0.3 is 0 Å². The number of nitrogens with two attached hydrogens (primary N) is 1. The van der Waals surface area contributed by atoms with Crippen LogP contribution in [0.2, 0.25) is 0 Å². The van der Waals surface area contributed by atoms with Gasteiger partial charge in [0.2, 0.25) is 5.91 Å². The van der Waals surface area contributed by atoms with Crippen molar-refractivity contribution in [1.82, 2.24) is 10.2 Å². The Bertz CT molecular complexity index is 522. The Kier molecular flexibility index (Phi) is 7.04. The molecule has 2 saturated heterocycles. The van der Waals surface area contributed by atoms with Crippen LogP contribution in [0.25, 0.3) is 0 Å². The predicted molar refractivity (Wildman–Crippen MR) is 97.4 cm³/mol. The van der Waals surface area contributed by atoms with E-state index in [0.29, 0.717) is 12.5 Å². The van der Waals surface area contributed by atoms with Crippen LogP contribution in [0, 0.1) is 0 Å². The molecule has 134 valence electrons. The van der Waals surface area contributed by atoms with Crippen LogP contribution in [0.4, 0.5) is 0 Å². The van der Waals surface area contributed by atoms with Gasteiger partial charge in [0.15, 0.2) is 0 Å². The summed E-state index contributed by atoms with van der Waals surface area (Å²) in [5.41, 5.74) is 7.58. The van der Waals surface area contributed by atoms with E-state index >= 15 is 0 Å². The number of carbonyl (C=O) groups is 1. The number of carbonyl (C=O) groups excluding carboxylic acids is 1. The average molecular weight is 354 g/mol. The summed E-state index contributed by atoms with van der Waals surface area (Å²) < 4.78 is 5.55. The molecule has 5 nitrogen and oxygen atoms in total. The van der Waals surface area contributed by atoms with Gasteiger partial charge in [-0.05, 0) is 25.3 Å². The van der Waals surface area contributed by atoms with Gasteiger partial charge in [-0.3, -0.25) is 9.69 Å². The first kappa shape index (κ1) is 19.2. The van der Waals surface area contributed by atoms with Gasteiger partial charge in [-0.2, -0.15) is 0 Å². The Labute approximate surface area is 150 Å². The first-order valence-corrected chi connectivity index (χ1v) is 8.59. The molecule has 0 aliphatic carbocycles. The third-order valence-corrected chi connectivity index (χ3v) is 5.08. The number of nitrogens with zero attached hydrogens (tertiary/aromatic N) is 1. The summed E-state index contributed by atoms with van der Waals surface area (Å²) in [6, 6.07) is 10.3. The molecule has 0 saturated carbocycles. The molecule has 2 aliphatic heterocycles. The molecule has 2 fully saturated rings. The number of likely N-dealkylation sites (tertiary alicyclic amines) is 1. The topological polar surface area (TPSA) is 67.6 Å². The monoisotopic (exact) mass is 353 g/mol. The molecule has 0 aromatic heterocycles. The third kappa shape index (κ3) is 4.48. The van der Waals surface area contributed by atoms with Crippen molar-refractivity contribution in [2.24, 2.45) is 5.73 Å². The molecule has 3 N–H and O–H groups in total. The average Bonchev–Trinajstić information content (AvgIpc) is 3.22. The van der Waals surface area contributed by atoms with Crippen molar-refractivity contribution >= 4 is 18.3 Å². The zero-order chi connectivity index (χ0) is 16.2. The summed E-state index contributed by atoms with van der Waals surface area (Å²) in [5, 5.41) is 3.02. The van der Waals surface area contributed by atoms with Crippen molar-refractivity contribution in [3.05, 3.63) is 35.9 Å². The van der Waals surface area contributed by atoms with Gasteiger partial charge in [-0.15, -0.1) is 12.4 Å². The first-order valence-electron chi connectivity index (χ1n) is 8.59. The van der Waals surface area contributed by atoms with Crippen LogP contribution >= 0.6 is 12.4 Å². The molecule has 4 atom stereocenters. The summed E-state index contributed by atoms with van der Waals surface area (Å²) in [7, 11) is 0. The minimum atomic E-state index is -0.156. The lowest BCUT2D eigenvalue weighted by molar-refractivity contribution is -0.126. The van der Waals surface area contributed by atoms with E-state index in [9.17, 15) is 4.79 Å². The molecule has 0 bridgehead atoms. The number of hydrogen-bond acceptors (Lipinski definition) is 4. The largest absolute Gasteiger partial charge is 0.376 e. The molecule has 0 spiro atoms. The minimum Gasteiger partial charge on any atom is -0.376 e. The number of hydrogen-bond donors (Lipinski definition) is 2. The second kappa shape index (κ2) is 8.81. The smallest absolute Gasteiger partial charge is 0.237 e. The van der Waals surface area contributed by atoms with Crippen LogP contribution in [0.1, 0.15) is 31.2 Å². The van der Waals surface area contributed by atoms with Crippen molar-refractivity contribution in [1.29, 1.82) is 0 Å². The van der Waals surface area contributed by atoms with Crippen molar-refractivity contribution in [2.45, 2.75) is 43.9 Å². The summed E-state index contributed by atoms with van der Waals surface area (Å²) >= 11 is 0. The SMILES string of the molecule is CC(C(=O)NCC1CCCO1)N1C[C@@H](N)[C@H](c2ccccc2)C1.Cl. The summed E-state index contributed by atoms with van der Waals surface area (Å²) in [4.78, 5) is 14.6. The van der Waals surface area contributed by atoms with E-state index in [2.05, 4.69) is 22.3 Å². The summed E-state index contributed by atoms with van der Waals surface area (Å²) in [6.45, 7) is 4.99. The van der Waals surface area contributed by atoms with E-state index < -0.39 is 0 Å². The second-order valence-corrected chi connectivity index (χ2v) is 6.69. The molecule has 1 aromatic rings. The molecule has 2 heterocycles. The highest BCUT2D eigenvalue weighted by molar-refractivity contribution is 5.85. The number of nitrogens with one attached hydrogen (secondary N) is 1. The maximum Gasteiger partial charge on any atom is 0.237 e. The quantitative estimate of drug-likeness (QED) is 0.842. The Morgan fingerprint density at radius 3 is 2.79 bits per heavy atom. The maximum absolute atomic E-state index is 12.4. The Hall–Kier alpha value is -1.14. The van der Waals surface area contributed by atoms with Crippen LogP contribution in [0.15, 0.2) is 30.3 Å². The van der Waals surface area contributed by atoms with Crippen molar-refractivity contribution in [3.63, 3.8) is 0 Å². The molecular formula is C18H28ClN3O2. The molecule has 1 aromatic carbocycles. The summed E-state index contributed by atoms with van der Waals surface area (Å²) in [6.07, 6.45) is 2.32. The predicted octanol–water partition coefficient (Wildman–Crippen LogP) is 1.52. The van der Waals surface area contributed by atoms with E-state index in [-0.39, 0.29) is 36.5 Å². The van der Waals surface area contributed by atoms with Crippen LogP contribution in [-0.4, -0.2) is 55.2 Å². The van der Waals surface area contributed by atoms with E-state index in [4.69, 9.17) is 10.5 Å². The Morgan fingerprint density at radius 2 is 2.12 bits per heavy atom. The van der Waals surface area contributed by atoms with Gasteiger partial charge in [-0.1, -0.05) is 30.3 Å². The highest BCUT2D eigenvalue weighted by Gasteiger charge is 2.35. The van der Waals surface area contributed by atoms with Gasteiger partial charge in [0.25, 0.3) is 0 Å². The third-order valence-electron chi connectivity index (χ3n) is 5.08. The van der Waals surface area contributed by atoms with E-state index in [1.54, 1.807) is 0 Å². The van der Waals surface area contributed by atoms with Gasteiger partial charge in [-0.25, -0.2) is 0 Å². The van der Waals surface area contributed by atoms with Gasteiger partial charge in [0.1, 0.15) is 0 Å². The zero-order valence-electron chi connectivity index (χ0n) is 14.2. The minimum absolute atomic E-state index is 0. The number of halogens is 1. The van der Waals surface area contributed by atoms with Crippen molar-refractivity contribution in [3.8, 4) is 0 Å². The molecule has 6 heteroatoms. The number of rotatable bonds is 5. The molecule has 2 unspecified atom stereocenters. The first-order chi connectivity index (χ1) is 11.1. The second-order valence-electron chi connectivity index (χ2n) is 6.69. The van der Waals surface area contributed by atoms with Gasteiger partial charge in [0.05, 0.1) is 12.1 Å². The summed E-state index contributed by atoms with van der Waals surface area (Å²) in [5.74, 6) is 0.367. The van der Waals surface area contributed by atoms with Crippen LogP contribution in [-0.2, 0) is 9.53 Å². The van der Waals surface area contributed by atoms with Crippen LogP contribution < -0.4 is 11.1 Å². The van der Waals surface area contributed by atoms with Crippen molar-refractivity contribution in [2.75, 3.05) is 26.2 Å². The molecule has 24 heavy (non-hydrogen) atoms. The molecule has 1 amide bonds. The lowest BCUT2D eigenvalue weighted by atomic mass is 9.95. The van der Waals surface area contributed by atoms with Gasteiger partial charge in [0, 0.05) is 38.2 Å². The van der Waals surface area contributed by atoms with Crippen LogP contribution in [0.5, 0.6) is 0 Å². The molecule has 3 rings (SSSR count). The highest BCUT2D eigenvalue weighted by atomic mass is 35.5. The lowest BCUT2D eigenvalue weighted by Crippen LogP contribution is -2.46. The van der Waals surface area contributed by atoms with E-state index in [1.807, 2.05) is 25.1 Å². The number of benzene rings is 1. The van der Waals surface area contributed by atoms with Crippen LogP contribution in [0.3, 0.4) is 0 Å². The Balaban J connectivity index is 0.00000208. The fourth-order valence-electron chi connectivity index (χ4n) is 3.56. The van der Waals surface area contributed by atoms with Crippen molar-refractivity contribution < 1.29 is 9.53 Å².